The lowest BCUT2D eigenvalue weighted by atomic mass is 9.49. The van der Waals surface area contributed by atoms with Crippen LogP contribution in [-0.2, 0) is 0 Å². The minimum atomic E-state index is 0.610. The van der Waals surface area contributed by atoms with E-state index in [0.717, 1.165) is 35.5 Å². The summed E-state index contributed by atoms with van der Waals surface area (Å²) in [6, 6.07) is 0. The first-order valence-corrected chi connectivity index (χ1v) is 8.77. The molecule has 5 aliphatic rings. The lowest BCUT2D eigenvalue weighted by molar-refractivity contribution is -0.0691. The van der Waals surface area contributed by atoms with E-state index in [1.807, 2.05) is 0 Å². The van der Waals surface area contributed by atoms with Gasteiger partial charge in [0.2, 0.25) is 0 Å². The van der Waals surface area contributed by atoms with Gasteiger partial charge in [-0.15, -0.1) is 0 Å². The van der Waals surface area contributed by atoms with Gasteiger partial charge in [0.05, 0.1) is 0 Å². The van der Waals surface area contributed by atoms with Crippen LogP contribution in [0.5, 0.6) is 0 Å². The van der Waals surface area contributed by atoms with Crippen molar-refractivity contribution in [3.8, 4) is 0 Å². The highest BCUT2D eigenvalue weighted by molar-refractivity contribution is 5.26. The van der Waals surface area contributed by atoms with E-state index in [1.54, 1.807) is 6.42 Å². The molecule has 5 saturated carbocycles. The Morgan fingerprint density at radius 3 is 2.05 bits per heavy atom. The Morgan fingerprint density at radius 1 is 0.895 bits per heavy atom. The first-order valence-electron chi connectivity index (χ1n) is 8.77. The van der Waals surface area contributed by atoms with Gasteiger partial charge in [-0.05, 0) is 71.0 Å². The molecule has 0 heteroatoms. The van der Waals surface area contributed by atoms with Crippen LogP contribution in [0.1, 0.15) is 67.2 Å². The molecule has 5 aliphatic carbocycles. The van der Waals surface area contributed by atoms with Gasteiger partial charge in [-0.1, -0.05) is 48.0 Å². The van der Waals surface area contributed by atoms with Crippen molar-refractivity contribution in [1.29, 1.82) is 0 Å². The van der Waals surface area contributed by atoms with Crippen molar-refractivity contribution in [2.45, 2.75) is 67.2 Å². The summed E-state index contributed by atoms with van der Waals surface area (Å²) in [4.78, 5) is 0. The zero-order chi connectivity index (χ0) is 13.8. The molecule has 0 aromatic carbocycles. The molecule has 8 unspecified atom stereocenters. The molecular weight excluding hydrogens is 228 g/mol. The molecule has 0 spiro atoms. The molecule has 108 valence electrons. The molecule has 19 heavy (non-hydrogen) atoms. The minimum Gasteiger partial charge on any atom is -0.0651 e. The van der Waals surface area contributed by atoms with Gasteiger partial charge in [-0.3, -0.25) is 0 Å². The van der Waals surface area contributed by atoms with E-state index < -0.39 is 0 Å². The van der Waals surface area contributed by atoms with Gasteiger partial charge in [0.1, 0.15) is 0 Å². The van der Waals surface area contributed by atoms with E-state index in [1.165, 1.54) is 19.3 Å². The molecule has 0 aliphatic heterocycles. The highest BCUT2D eigenvalue weighted by atomic mass is 14.8. The number of hydrogen-bond donors (Lipinski definition) is 0. The molecule has 0 amide bonds. The molecule has 0 aromatic heterocycles. The average Bonchev–Trinajstić information content (AvgIpc) is 2.51. The first kappa shape index (κ1) is 12.7. The van der Waals surface area contributed by atoms with E-state index >= 15 is 0 Å². The predicted octanol–water partition coefficient (Wildman–Crippen LogP) is 5.38. The quantitative estimate of drug-likeness (QED) is 0.594. The molecule has 0 saturated heterocycles. The van der Waals surface area contributed by atoms with Crippen molar-refractivity contribution >= 4 is 0 Å². The van der Waals surface area contributed by atoms with Crippen LogP contribution in [0.15, 0.2) is 0 Å². The van der Waals surface area contributed by atoms with Crippen molar-refractivity contribution < 1.29 is 0 Å². The third-order valence-corrected chi connectivity index (χ3v) is 9.14. The maximum atomic E-state index is 2.72. The second kappa shape index (κ2) is 3.25. The van der Waals surface area contributed by atoms with Gasteiger partial charge < -0.3 is 0 Å². The minimum absolute atomic E-state index is 0.610. The Bertz CT molecular complexity index is 422. The second-order valence-corrected chi connectivity index (χ2v) is 9.72. The van der Waals surface area contributed by atoms with Crippen LogP contribution < -0.4 is 0 Å². The lowest BCUT2D eigenvalue weighted by Crippen LogP contribution is -2.48. The Labute approximate surface area is 119 Å². The van der Waals surface area contributed by atoms with Gasteiger partial charge in [-0.2, -0.15) is 0 Å². The maximum Gasteiger partial charge on any atom is -0.0204 e. The highest BCUT2D eigenvalue weighted by Crippen LogP contribution is 2.84. The largest absolute Gasteiger partial charge is 0.0651 e. The lowest BCUT2D eigenvalue weighted by Gasteiger charge is -2.55. The van der Waals surface area contributed by atoms with Crippen LogP contribution in [0.3, 0.4) is 0 Å². The highest BCUT2D eigenvalue weighted by Gasteiger charge is 2.78. The first-order chi connectivity index (χ1) is 8.77. The SMILES string of the molecule is CCC1C2CC3C(C)C1(C)C1(C)C3CC(C)(C)CC21. The van der Waals surface area contributed by atoms with Crippen LogP contribution >= 0.6 is 0 Å². The number of hydrogen-bond acceptors (Lipinski definition) is 0. The molecule has 8 atom stereocenters. The van der Waals surface area contributed by atoms with E-state index in [9.17, 15) is 0 Å². The summed E-state index contributed by atoms with van der Waals surface area (Å²) in [7, 11) is 0. The fraction of sp³-hybridized carbons (Fsp3) is 1.00. The van der Waals surface area contributed by atoms with E-state index in [-0.39, 0.29) is 0 Å². The molecule has 6 bridgehead atoms. The average molecular weight is 260 g/mol. The summed E-state index contributed by atoms with van der Waals surface area (Å²) in [5.74, 6) is 6.19. The zero-order valence-corrected chi connectivity index (χ0v) is 13.8. The van der Waals surface area contributed by atoms with Crippen LogP contribution in [0, 0.1) is 51.8 Å². The van der Waals surface area contributed by atoms with Crippen molar-refractivity contribution in [3.63, 3.8) is 0 Å². The molecule has 0 heterocycles. The van der Waals surface area contributed by atoms with Gasteiger partial charge in [0, 0.05) is 0 Å². The monoisotopic (exact) mass is 260 g/mol. The third-order valence-electron chi connectivity index (χ3n) is 9.14. The van der Waals surface area contributed by atoms with Crippen LogP contribution in [0.4, 0.5) is 0 Å². The second-order valence-electron chi connectivity index (χ2n) is 9.72. The fourth-order valence-electron chi connectivity index (χ4n) is 8.45. The van der Waals surface area contributed by atoms with Crippen molar-refractivity contribution in [2.24, 2.45) is 51.8 Å². The van der Waals surface area contributed by atoms with Crippen molar-refractivity contribution in [3.05, 3.63) is 0 Å². The Morgan fingerprint density at radius 2 is 1.47 bits per heavy atom. The van der Waals surface area contributed by atoms with Crippen molar-refractivity contribution in [1.82, 2.24) is 0 Å². The Balaban J connectivity index is 1.90. The standard InChI is InChI=1S/C19H32/c1-7-14-13-8-12-11(2)18(14,5)19(6)15(12)9-17(3,4)10-16(13)19/h11-16H,7-10H2,1-6H3. The molecular formula is C19H32. The summed E-state index contributed by atoms with van der Waals surface area (Å²) in [6.07, 6.45) is 6.03. The topological polar surface area (TPSA) is 0 Å². The van der Waals surface area contributed by atoms with Crippen LogP contribution in [0.2, 0.25) is 0 Å². The van der Waals surface area contributed by atoms with Gasteiger partial charge in [0.25, 0.3) is 0 Å². The van der Waals surface area contributed by atoms with E-state index in [4.69, 9.17) is 0 Å². The normalized spacial score (nSPS) is 64.7. The molecule has 0 N–H and O–H groups in total. The maximum absolute atomic E-state index is 2.72. The molecule has 5 rings (SSSR count). The van der Waals surface area contributed by atoms with E-state index in [2.05, 4.69) is 41.5 Å². The summed E-state index contributed by atoms with van der Waals surface area (Å²) in [5, 5.41) is 0. The molecule has 0 nitrogen and oxygen atoms in total. The summed E-state index contributed by atoms with van der Waals surface area (Å²) >= 11 is 0. The van der Waals surface area contributed by atoms with Gasteiger partial charge >= 0.3 is 0 Å². The Kier molecular flexibility index (Phi) is 2.18. The molecule has 5 fully saturated rings. The summed E-state index contributed by atoms with van der Waals surface area (Å²) in [5.41, 5.74) is 1.94. The fourth-order valence-corrected chi connectivity index (χ4v) is 8.45. The van der Waals surface area contributed by atoms with Crippen LogP contribution in [-0.4, -0.2) is 0 Å². The van der Waals surface area contributed by atoms with Crippen molar-refractivity contribution in [2.75, 3.05) is 0 Å². The number of rotatable bonds is 1. The van der Waals surface area contributed by atoms with Crippen LogP contribution in [0.25, 0.3) is 0 Å². The summed E-state index contributed by atoms with van der Waals surface area (Å²) in [6.45, 7) is 15.6. The summed E-state index contributed by atoms with van der Waals surface area (Å²) < 4.78 is 0. The third kappa shape index (κ3) is 1.09. The predicted molar refractivity (Wildman–Crippen MR) is 80.8 cm³/mol. The van der Waals surface area contributed by atoms with Gasteiger partial charge in [0.15, 0.2) is 0 Å². The van der Waals surface area contributed by atoms with E-state index in [0.29, 0.717) is 16.2 Å². The molecule has 0 aromatic rings. The van der Waals surface area contributed by atoms with Gasteiger partial charge in [-0.25, -0.2) is 0 Å². The molecule has 0 radical (unpaired) electrons. The zero-order valence-electron chi connectivity index (χ0n) is 13.8. The Hall–Kier alpha value is 0. The smallest absolute Gasteiger partial charge is 0.0204 e.